The SMILES string of the molecule is CCCN1CCC(NC(=O)c2ccc(C(F)(F)F)nc2)CC1. The molecule has 0 spiro atoms. The van der Waals surface area contributed by atoms with Gasteiger partial charge in [0.2, 0.25) is 0 Å². The van der Waals surface area contributed by atoms with E-state index in [-0.39, 0.29) is 17.5 Å². The summed E-state index contributed by atoms with van der Waals surface area (Å²) in [7, 11) is 0. The van der Waals surface area contributed by atoms with Crippen molar-refractivity contribution in [3.63, 3.8) is 0 Å². The van der Waals surface area contributed by atoms with E-state index in [4.69, 9.17) is 0 Å². The minimum absolute atomic E-state index is 0.0721. The number of halogens is 3. The number of carbonyl (C=O) groups is 1. The minimum atomic E-state index is -4.49. The van der Waals surface area contributed by atoms with Crippen LogP contribution in [0.5, 0.6) is 0 Å². The van der Waals surface area contributed by atoms with Crippen molar-refractivity contribution in [2.24, 2.45) is 0 Å². The fraction of sp³-hybridized carbons (Fsp3) is 0.600. The maximum atomic E-state index is 12.4. The summed E-state index contributed by atoms with van der Waals surface area (Å²) < 4.78 is 37.3. The van der Waals surface area contributed by atoms with Crippen LogP contribution in [0.25, 0.3) is 0 Å². The van der Waals surface area contributed by atoms with Gasteiger partial charge in [-0.05, 0) is 37.9 Å². The van der Waals surface area contributed by atoms with Crippen LogP contribution in [0.4, 0.5) is 13.2 Å². The number of hydrogen-bond acceptors (Lipinski definition) is 3. The Morgan fingerprint density at radius 1 is 1.36 bits per heavy atom. The summed E-state index contributed by atoms with van der Waals surface area (Å²) in [5.41, 5.74) is -0.832. The van der Waals surface area contributed by atoms with Gasteiger partial charge in [-0.1, -0.05) is 6.92 Å². The van der Waals surface area contributed by atoms with Gasteiger partial charge in [0.15, 0.2) is 0 Å². The zero-order valence-electron chi connectivity index (χ0n) is 12.5. The largest absolute Gasteiger partial charge is 0.433 e. The van der Waals surface area contributed by atoms with E-state index in [1.807, 2.05) is 0 Å². The third-order valence-electron chi connectivity index (χ3n) is 3.78. The summed E-state index contributed by atoms with van der Waals surface area (Å²) in [5.74, 6) is -0.366. The summed E-state index contributed by atoms with van der Waals surface area (Å²) in [6.07, 6.45) is -0.681. The number of amides is 1. The summed E-state index contributed by atoms with van der Waals surface area (Å²) in [5, 5.41) is 2.87. The lowest BCUT2D eigenvalue weighted by Crippen LogP contribution is -2.44. The van der Waals surface area contributed by atoms with Gasteiger partial charge in [-0.25, -0.2) is 0 Å². The lowest BCUT2D eigenvalue weighted by Gasteiger charge is -2.32. The van der Waals surface area contributed by atoms with Crippen molar-refractivity contribution >= 4 is 5.91 Å². The van der Waals surface area contributed by atoms with Gasteiger partial charge in [-0.3, -0.25) is 9.78 Å². The molecule has 1 N–H and O–H groups in total. The highest BCUT2D eigenvalue weighted by Crippen LogP contribution is 2.27. The second-order valence-corrected chi connectivity index (χ2v) is 5.52. The van der Waals surface area contributed by atoms with E-state index in [0.717, 1.165) is 57.2 Å². The molecule has 0 bridgehead atoms. The Labute approximate surface area is 127 Å². The molecule has 2 heterocycles. The predicted molar refractivity (Wildman–Crippen MR) is 76.5 cm³/mol. The molecule has 4 nitrogen and oxygen atoms in total. The number of piperidine rings is 1. The molecule has 1 saturated heterocycles. The summed E-state index contributed by atoms with van der Waals surface area (Å²) in [6, 6.07) is 2.07. The zero-order valence-corrected chi connectivity index (χ0v) is 12.5. The molecule has 0 unspecified atom stereocenters. The van der Waals surface area contributed by atoms with Crippen LogP contribution in [0, 0.1) is 0 Å². The Morgan fingerprint density at radius 2 is 2.05 bits per heavy atom. The molecule has 0 aromatic carbocycles. The fourth-order valence-electron chi connectivity index (χ4n) is 2.58. The topological polar surface area (TPSA) is 45.2 Å². The quantitative estimate of drug-likeness (QED) is 0.929. The first-order valence-electron chi connectivity index (χ1n) is 7.46. The van der Waals surface area contributed by atoms with Gasteiger partial charge in [0.05, 0.1) is 5.56 Å². The first-order chi connectivity index (χ1) is 10.4. The van der Waals surface area contributed by atoms with E-state index in [1.165, 1.54) is 0 Å². The highest BCUT2D eigenvalue weighted by molar-refractivity contribution is 5.94. The van der Waals surface area contributed by atoms with Crippen LogP contribution in [0.3, 0.4) is 0 Å². The molecule has 0 saturated carbocycles. The number of pyridine rings is 1. The molecule has 0 radical (unpaired) electrons. The highest BCUT2D eigenvalue weighted by atomic mass is 19.4. The van der Waals surface area contributed by atoms with Gasteiger partial charge < -0.3 is 10.2 Å². The zero-order chi connectivity index (χ0) is 16.2. The molecule has 1 amide bonds. The molecule has 122 valence electrons. The van der Waals surface area contributed by atoms with Crippen LogP contribution in [0.1, 0.15) is 42.2 Å². The second-order valence-electron chi connectivity index (χ2n) is 5.52. The lowest BCUT2D eigenvalue weighted by molar-refractivity contribution is -0.141. The van der Waals surface area contributed by atoms with Gasteiger partial charge in [-0.15, -0.1) is 0 Å². The van der Waals surface area contributed by atoms with Crippen LogP contribution in [0.2, 0.25) is 0 Å². The summed E-state index contributed by atoms with van der Waals surface area (Å²) in [4.78, 5) is 17.7. The Kier molecular flexibility index (Phi) is 5.39. The molecule has 1 aliphatic rings. The van der Waals surface area contributed by atoms with Crippen LogP contribution in [0.15, 0.2) is 18.3 Å². The predicted octanol–water partition coefficient (Wildman–Crippen LogP) is 2.70. The van der Waals surface area contributed by atoms with Crippen molar-refractivity contribution in [2.75, 3.05) is 19.6 Å². The molecule has 0 atom stereocenters. The first kappa shape index (κ1) is 16.7. The van der Waals surface area contributed by atoms with Crippen molar-refractivity contribution in [1.82, 2.24) is 15.2 Å². The Hall–Kier alpha value is -1.63. The smallest absolute Gasteiger partial charge is 0.349 e. The van der Waals surface area contributed by atoms with E-state index in [9.17, 15) is 18.0 Å². The van der Waals surface area contributed by atoms with E-state index in [2.05, 4.69) is 22.1 Å². The molecule has 1 aromatic heterocycles. The first-order valence-corrected chi connectivity index (χ1v) is 7.46. The van der Waals surface area contributed by atoms with Crippen molar-refractivity contribution in [2.45, 2.75) is 38.4 Å². The van der Waals surface area contributed by atoms with Gasteiger partial charge in [0, 0.05) is 25.3 Å². The van der Waals surface area contributed by atoms with Gasteiger partial charge in [0.1, 0.15) is 5.69 Å². The van der Waals surface area contributed by atoms with Crippen LogP contribution >= 0.6 is 0 Å². The Balaban J connectivity index is 1.88. The number of alkyl halides is 3. The maximum Gasteiger partial charge on any atom is 0.433 e. The molecular weight excluding hydrogens is 295 g/mol. The van der Waals surface area contributed by atoms with Crippen molar-refractivity contribution < 1.29 is 18.0 Å². The summed E-state index contributed by atoms with van der Waals surface area (Å²) >= 11 is 0. The van der Waals surface area contributed by atoms with Crippen molar-refractivity contribution in [3.05, 3.63) is 29.6 Å². The molecule has 0 aliphatic carbocycles. The van der Waals surface area contributed by atoms with E-state index in [1.54, 1.807) is 0 Å². The lowest BCUT2D eigenvalue weighted by atomic mass is 10.0. The van der Waals surface area contributed by atoms with Crippen molar-refractivity contribution in [3.8, 4) is 0 Å². The third-order valence-corrected chi connectivity index (χ3v) is 3.78. The molecule has 2 rings (SSSR count). The standard InChI is InChI=1S/C15H20F3N3O/c1-2-7-21-8-5-12(6-9-21)20-14(22)11-3-4-13(19-10-11)15(16,17)18/h3-4,10,12H,2,5-9H2,1H3,(H,20,22). The molecule has 7 heteroatoms. The van der Waals surface area contributed by atoms with Gasteiger partial charge in [-0.2, -0.15) is 13.2 Å². The average molecular weight is 315 g/mol. The van der Waals surface area contributed by atoms with E-state index >= 15 is 0 Å². The minimum Gasteiger partial charge on any atom is -0.349 e. The fourth-order valence-corrected chi connectivity index (χ4v) is 2.58. The van der Waals surface area contributed by atoms with Crippen molar-refractivity contribution in [1.29, 1.82) is 0 Å². The average Bonchev–Trinajstić information content (AvgIpc) is 2.49. The van der Waals surface area contributed by atoms with Crippen LogP contribution < -0.4 is 5.32 Å². The summed E-state index contributed by atoms with van der Waals surface area (Å²) in [6.45, 7) is 5.06. The van der Waals surface area contributed by atoms with Crippen LogP contribution in [-0.2, 0) is 6.18 Å². The number of nitrogens with zero attached hydrogens (tertiary/aromatic N) is 2. The highest BCUT2D eigenvalue weighted by Gasteiger charge is 2.32. The molecule has 1 aromatic rings. The second kappa shape index (κ2) is 7.09. The van der Waals surface area contributed by atoms with Gasteiger partial charge in [0.25, 0.3) is 5.91 Å². The number of aromatic nitrogens is 1. The molecule has 22 heavy (non-hydrogen) atoms. The number of carbonyl (C=O) groups excluding carboxylic acids is 1. The number of rotatable bonds is 4. The normalized spacial score (nSPS) is 17.5. The van der Waals surface area contributed by atoms with E-state index < -0.39 is 11.9 Å². The van der Waals surface area contributed by atoms with Crippen LogP contribution in [-0.4, -0.2) is 41.5 Å². The monoisotopic (exact) mass is 315 g/mol. The number of nitrogens with one attached hydrogen (secondary N) is 1. The molecule has 1 aliphatic heterocycles. The Morgan fingerprint density at radius 3 is 2.55 bits per heavy atom. The maximum absolute atomic E-state index is 12.4. The molecular formula is C15H20F3N3O. The number of hydrogen-bond donors (Lipinski definition) is 1. The third kappa shape index (κ3) is 4.43. The number of likely N-dealkylation sites (tertiary alicyclic amines) is 1. The van der Waals surface area contributed by atoms with Gasteiger partial charge >= 0.3 is 6.18 Å². The Bertz CT molecular complexity index is 494. The van der Waals surface area contributed by atoms with E-state index in [0.29, 0.717) is 0 Å². The molecule has 1 fully saturated rings.